The largest absolute Gasteiger partial charge is 0.318 e. The van der Waals surface area contributed by atoms with Crippen molar-refractivity contribution in [1.82, 2.24) is 15.4 Å². The number of hydrogen-bond acceptors (Lipinski definition) is 2. The van der Waals surface area contributed by atoms with Crippen LogP contribution in [-0.2, 0) is 4.79 Å². The van der Waals surface area contributed by atoms with Crippen molar-refractivity contribution in [2.75, 3.05) is 0 Å². The molecule has 122 valence electrons. The van der Waals surface area contributed by atoms with E-state index in [2.05, 4.69) is 10.9 Å². The molecule has 0 aliphatic heterocycles. The van der Waals surface area contributed by atoms with Gasteiger partial charge in [0.05, 0.1) is 5.56 Å². The van der Waals surface area contributed by atoms with Gasteiger partial charge in [0.15, 0.2) is 0 Å². The summed E-state index contributed by atoms with van der Waals surface area (Å²) in [4.78, 5) is 24.0. The van der Waals surface area contributed by atoms with Crippen LogP contribution < -0.4 is 10.9 Å². The van der Waals surface area contributed by atoms with Crippen LogP contribution in [0.2, 0.25) is 0 Å². The van der Waals surface area contributed by atoms with Crippen molar-refractivity contribution in [3.05, 3.63) is 53.3 Å². The Morgan fingerprint density at radius 2 is 1.74 bits per heavy atom. The topological polar surface area (TPSA) is 63.1 Å². The lowest BCUT2D eigenvalue weighted by Gasteiger charge is -2.11. The van der Waals surface area contributed by atoms with E-state index >= 15 is 0 Å². The zero-order valence-corrected chi connectivity index (χ0v) is 14.0. The van der Waals surface area contributed by atoms with Crippen LogP contribution in [-0.4, -0.2) is 16.4 Å². The highest BCUT2D eigenvalue weighted by Gasteiger charge is 2.17. The monoisotopic (exact) mass is 313 g/mol. The number of nitrogens with zero attached hydrogens (tertiary/aromatic N) is 1. The minimum absolute atomic E-state index is 0.190. The summed E-state index contributed by atoms with van der Waals surface area (Å²) < 4.78 is 2.02. The van der Waals surface area contributed by atoms with E-state index in [4.69, 9.17) is 0 Å². The van der Waals surface area contributed by atoms with E-state index in [1.807, 2.05) is 68.7 Å². The normalized spacial score (nSPS) is 10.7. The number of para-hydroxylation sites is 1. The number of carbonyl (C=O) groups is 2. The molecule has 0 saturated carbocycles. The predicted octanol–water partition coefficient (Wildman–Crippen LogP) is 2.90. The Morgan fingerprint density at radius 1 is 1.09 bits per heavy atom. The summed E-state index contributed by atoms with van der Waals surface area (Å²) in [5.74, 6) is -0.252. The third-order valence-electron chi connectivity index (χ3n) is 3.60. The second-order valence-electron chi connectivity index (χ2n) is 6.06. The highest BCUT2D eigenvalue weighted by Crippen LogP contribution is 2.20. The zero-order valence-electron chi connectivity index (χ0n) is 14.0. The van der Waals surface area contributed by atoms with E-state index in [-0.39, 0.29) is 17.7 Å². The molecule has 2 N–H and O–H groups in total. The first-order valence-electron chi connectivity index (χ1n) is 7.73. The van der Waals surface area contributed by atoms with Gasteiger partial charge in [-0.25, -0.2) is 0 Å². The summed E-state index contributed by atoms with van der Waals surface area (Å²) in [5.41, 5.74) is 8.30. The van der Waals surface area contributed by atoms with Gasteiger partial charge >= 0.3 is 0 Å². The van der Waals surface area contributed by atoms with Crippen LogP contribution in [0, 0.1) is 19.8 Å². The van der Waals surface area contributed by atoms with Gasteiger partial charge in [0.1, 0.15) is 0 Å². The van der Waals surface area contributed by atoms with Gasteiger partial charge < -0.3 is 4.57 Å². The molecule has 23 heavy (non-hydrogen) atoms. The maximum absolute atomic E-state index is 12.3. The summed E-state index contributed by atoms with van der Waals surface area (Å²) in [6.45, 7) is 7.75. The molecule has 0 radical (unpaired) electrons. The minimum atomic E-state index is -0.308. The van der Waals surface area contributed by atoms with E-state index in [1.54, 1.807) is 0 Å². The summed E-state index contributed by atoms with van der Waals surface area (Å²) in [7, 11) is 0. The molecule has 0 aliphatic carbocycles. The van der Waals surface area contributed by atoms with Crippen molar-refractivity contribution in [3.8, 4) is 5.69 Å². The van der Waals surface area contributed by atoms with Gasteiger partial charge in [0.25, 0.3) is 5.91 Å². The van der Waals surface area contributed by atoms with Crippen molar-refractivity contribution in [2.24, 2.45) is 5.92 Å². The molecule has 2 amide bonds. The first-order chi connectivity index (χ1) is 10.9. The van der Waals surface area contributed by atoms with Crippen molar-refractivity contribution in [3.63, 3.8) is 0 Å². The Bertz CT molecular complexity index is 703. The van der Waals surface area contributed by atoms with Gasteiger partial charge in [0.2, 0.25) is 5.91 Å². The van der Waals surface area contributed by atoms with Crippen LogP contribution in [0.4, 0.5) is 0 Å². The van der Waals surface area contributed by atoms with Crippen LogP contribution in [0.1, 0.15) is 42.0 Å². The Hall–Kier alpha value is -2.56. The number of aromatic nitrogens is 1. The number of rotatable bonds is 4. The van der Waals surface area contributed by atoms with Gasteiger partial charge in [-0.2, -0.15) is 0 Å². The number of carbonyl (C=O) groups excluding carboxylic acids is 2. The van der Waals surface area contributed by atoms with Crippen LogP contribution in [0.5, 0.6) is 0 Å². The van der Waals surface area contributed by atoms with Crippen LogP contribution >= 0.6 is 0 Å². The second kappa shape index (κ2) is 7.13. The molecule has 0 unspecified atom stereocenters. The molecule has 0 fully saturated rings. The maximum Gasteiger partial charge on any atom is 0.271 e. The van der Waals surface area contributed by atoms with Gasteiger partial charge in [-0.1, -0.05) is 32.0 Å². The first kappa shape index (κ1) is 16.8. The molecule has 2 rings (SSSR count). The predicted molar refractivity (Wildman–Crippen MR) is 90.3 cm³/mol. The molecule has 0 saturated heterocycles. The molecular weight excluding hydrogens is 290 g/mol. The van der Waals surface area contributed by atoms with Crippen LogP contribution in [0.3, 0.4) is 0 Å². The van der Waals surface area contributed by atoms with Crippen molar-refractivity contribution in [2.45, 2.75) is 34.1 Å². The van der Waals surface area contributed by atoms with Gasteiger partial charge in [-0.05, 0) is 38.0 Å². The second-order valence-corrected chi connectivity index (χ2v) is 6.06. The summed E-state index contributed by atoms with van der Waals surface area (Å²) >= 11 is 0. The summed E-state index contributed by atoms with van der Waals surface area (Å²) in [5, 5.41) is 0. The molecular formula is C18H23N3O2. The highest BCUT2D eigenvalue weighted by atomic mass is 16.2. The third kappa shape index (κ3) is 4.00. The molecule has 5 nitrogen and oxygen atoms in total. The fourth-order valence-electron chi connectivity index (χ4n) is 2.58. The fraction of sp³-hybridized carbons (Fsp3) is 0.333. The lowest BCUT2D eigenvalue weighted by molar-refractivity contribution is -0.122. The number of nitrogens with one attached hydrogen (secondary N) is 2. The first-order valence-corrected chi connectivity index (χ1v) is 7.73. The Kier molecular flexibility index (Phi) is 5.21. The summed E-state index contributed by atoms with van der Waals surface area (Å²) in [6.07, 6.45) is 0.378. The van der Waals surface area contributed by atoms with E-state index in [0.717, 1.165) is 17.1 Å². The van der Waals surface area contributed by atoms with Crippen molar-refractivity contribution < 1.29 is 9.59 Å². The molecule has 0 aliphatic rings. The standard InChI is InChI=1S/C18H23N3O2/c1-12(2)10-17(22)19-20-18(23)16-11-13(3)21(14(16)4)15-8-6-5-7-9-15/h5-9,11-12H,10H2,1-4H3,(H,19,22)(H,20,23). The number of benzene rings is 1. The minimum Gasteiger partial charge on any atom is -0.318 e. The van der Waals surface area contributed by atoms with Crippen molar-refractivity contribution >= 4 is 11.8 Å². The molecule has 2 aromatic rings. The van der Waals surface area contributed by atoms with E-state index < -0.39 is 0 Å². The number of hydrazine groups is 1. The molecule has 0 spiro atoms. The smallest absolute Gasteiger partial charge is 0.271 e. The third-order valence-corrected chi connectivity index (χ3v) is 3.60. The van der Waals surface area contributed by atoms with Gasteiger partial charge in [0, 0.05) is 23.5 Å². The van der Waals surface area contributed by atoms with E-state index in [0.29, 0.717) is 12.0 Å². The maximum atomic E-state index is 12.3. The Morgan fingerprint density at radius 3 is 2.35 bits per heavy atom. The molecule has 1 aromatic carbocycles. The molecule has 5 heteroatoms. The Labute approximate surface area is 136 Å². The lowest BCUT2D eigenvalue weighted by atomic mass is 10.1. The SMILES string of the molecule is Cc1cc(C(=O)NNC(=O)CC(C)C)c(C)n1-c1ccccc1. The van der Waals surface area contributed by atoms with Gasteiger partial charge in [-0.3, -0.25) is 20.4 Å². The van der Waals surface area contributed by atoms with Crippen molar-refractivity contribution in [1.29, 1.82) is 0 Å². The highest BCUT2D eigenvalue weighted by molar-refractivity contribution is 5.97. The van der Waals surface area contributed by atoms with Crippen LogP contribution in [0.25, 0.3) is 5.69 Å². The molecule has 1 aromatic heterocycles. The average molecular weight is 313 g/mol. The number of aryl methyl sites for hydroxylation is 1. The fourth-order valence-corrected chi connectivity index (χ4v) is 2.58. The molecule has 1 heterocycles. The number of hydrogen-bond donors (Lipinski definition) is 2. The average Bonchev–Trinajstić information content (AvgIpc) is 2.80. The molecule has 0 atom stereocenters. The quantitative estimate of drug-likeness (QED) is 0.853. The molecule has 0 bridgehead atoms. The Balaban J connectivity index is 2.15. The van der Waals surface area contributed by atoms with E-state index in [9.17, 15) is 9.59 Å². The zero-order chi connectivity index (χ0) is 17.0. The van der Waals surface area contributed by atoms with Gasteiger partial charge in [-0.15, -0.1) is 0 Å². The lowest BCUT2D eigenvalue weighted by Crippen LogP contribution is -2.42. The summed E-state index contributed by atoms with van der Waals surface area (Å²) in [6, 6.07) is 11.7. The van der Waals surface area contributed by atoms with E-state index in [1.165, 1.54) is 0 Å². The number of amides is 2. The van der Waals surface area contributed by atoms with Crippen LogP contribution in [0.15, 0.2) is 36.4 Å².